The minimum Gasteiger partial charge on any atom is -0.255 e. The Labute approximate surface area is 135 Å². The van der Waals surface area contributed by atoms with E-state index in [0.717, 1.165) is 15.8 Å². The number of thiazole rings is 1. The van der Waals surface area contributed by atoms with E-state index < -0.39 is 10.0 Å². The van der Waals surface area contributed by atoms with Gasteiger partial charge in [0.1, 0.15) is 0 Å². The first kappa shape index (κ1) is 14.5. The number of rotatable bonds is 4. The normalized spacial score (nSPS) is 11.7. The number of hydrogen-bond acceptors (Lipinski definition) is 4. The van der Waals surface area contributed by atoms with E-state index in [9.17, 15) is 8.42 Å². The molecule has 0 fully saturated rings. The topological polar surface area (TPSA) is 59.1 Å². The smallest absolute Gasteiger partial charge is 0.255 e. The molecule has 4 nitrogen and oxygen atoms in total. The van der Waals surface area contributed by atoms with Crippen molar-refractivity contribution in [3.63, 3.8) is 0 Å². The third-order valence-corrected chi connectivity index (χ3v) is 5.99. The number of benzene rings is 2. The van der Waals surface area contributed by atoms with Crippen LogP contribution in [-0.2, 0) is 15.4 Å². The molecule has 3 aromatic rings. The first-order chi connectivity index (χ1) is 10.1. The standard InChI is InChI=1S/C14H11BrN2O2S2/c15-9-10-5-7-11(8-6-10)21(18,19)17-14-16-12-3-1-2-4-13(12)20-14/h1-8H,9H2,(H,16,17). The van der Waals surface area contributed by atoms with Gasteiger partial charge in [-0.1, -0.05) is 51.5 Å². The van der Waals surface area contributed by atoms with Crippen molar-refractivity contribution in [2.75, 3.05) is 4.72 Å². The number of anilines is 1. The fourth-order valence-electron chi connectivity index (χ4n) is 1.85. The van der Waals surface area contributed by atoms with Crippen LogP contribution in [0.4, 0.5) is 5.13 Å². The van der Waals surface area contributed by atoms with Crippen molar-refractivity contribution in [2.45, 2.75) is 10.2 Å². The van der Waals surface area contributed by atoms with Crippen molar-refractivity contribution in [1.82, 2.24) is 4.98 Å². The monoisotopic (exact) mass is 382 g/mol. The van der Waals surface area contributed by atoms with Crippen LogP contribution in [0.2, 0.25) is 0 Å². The lowest BCUT2D eigenvalue weighted by Crippen LogP contribution is -2.12. The van der Waals surface area contributed by atoms with Crippen molar-refractivity contribution in [3.05, 3.63) is 54.1 Å². The van der Waals surface area contributed by atoms with Crippen molar-refractivity contribution < 1.29 is 8.42 Å². The summed E-state index contributed by atoms with van der Waals surface area (Å²) >= 11 is 4.65. The number of sulfonamides is 1. The Kier molecular flexibility index (Phi) is 3.97. The molecule has 108 valence electrons. The zero-order valence-corrected chi connectivity index (χ0v) is 14.0. The van der Waals surface area contributed by atoms with Gasteiger partial charge in [-0.05, 0) is 29.8 Å². The van der Waals surface area contributed by atoms with Crippen LogP contribution >= 0.6 is 27.3 Å². The Morgan fingerprint density at radius 1 is 1.10 bits per heavy atom. The lowest BCUT2D eigenvalue weighted by atomic mass is 10.2. The second kappa shape index (κ2) is 5.75. The van der Waals surface area contributed by atoms with E-state index in [-0.39, 0.29) is 4.90 Å². The predicted octanol–water partition coefficient (Wildman–Crippen LogP) is 3.99. The SMILES string of the molecule is O=S(=O)(Nc1nc2ccccc2s1)c1ccc(CBr)cc1. The summed E-state index contributed by atoms with van der Waals surface area (Å²) in [6, 6.07) is 14.3. The summed E-state index contributed by atoms with van der Waals surface area (Å²) < 4.78 is 28.1. The fraction of sp³-hybridized carbons (Fsp3) is 0.0714. The van der Waals surface area contributed by atoms with Gasteiger partial charge in [0, 0.05) is 5.33 Å². The van der Waals surface area contributed by atoms with E-state index in [4.69, 9.17) is 0 Å². The molecule has 0 bridgehead atoms. The largest absolute Gasteiger partial charge is 0.263 e. The number of nitrogens with one attached hydrogen (secondary N) is 1. The third kappa shape index (κ3) is 3.09. The molecule has 0 amide bonds. The van der Waals surface area contributed by atoms with Crippen molar-refractivity contribution in [3.8, 4) is 0 Å². The average molecular weight is 383 g/mol. The molecular formula is C14H11BrN2O2S2. The molecule has 0 saturated heterocycles. The maximum atomic E-state index is 12.3. The van der Waals surface area contributed by atoms with Gasteiger partial charge in [0.15, 0.2) is 5.13 Å². The molecule has 1 aromatic heterocycles. The summed E-state index contributed by atoms with van der Waals surface area (Å²) in [5, 5.41) is 1.07. The quantitative estimate of drug-likeness (QED) is 0.693. The second-order valence-electron chi connectivity index (χ2n) is 4.37. The molecule has 0 spiro atoms. The minimum absolute atomic E-state index is 0.228. The third-order valence-electron chi connectivity index (χ3n) is 2.90. The Morgan fingerprint density at radius 3 is 2.48 bits per heavy atom. The maximum Gasteiger partial charge on any atom is 0.263 e. The van der Waals surface area contributed by atoms with Crippen molar-refractivity contribution >= 4 is 52.6 Å². The zero-order valence-electron chi connectivity index (χ0n) is 10.8. The molecule has 1 N–H and O–H groups in total. The number of para-hydroxylation sites is 1. The molecule has 0 aliphatic rings. The fourth-order valence-corrected chi connectivity index (χ4v) is 4.32. The van der Waals surface area contributed by atoms with Gasteiger partial charge in [-0.2, -0.15) is 0 Å². The lowest BCUT2D eigenvalue weighted by molar-refractivity contribution is 0.601. The number of hydrogen-bond donors (Lipinski definition) is 1. The van der Waals surface area contributed by atoms with Gasteiger partial charge in [0.05, 0.1) is 15.1 Å². The second-order valence-corrected chi connectivity index (χ2v) is 7.64. The van der Waals surface area contributed by atoms with Crippen LogP contribution in [0.15, 0.2) is 53.4 Å². The van der Waals surface area contributed by atoms with Crippen LogP contribution in [0.5, 0.6) is 0 Å². The first-order valence-corrected chi connectivity index (χ1v) is 9.54. The Bertz CT molecular complexity index is 840. The molecule has 7 heteroatoms. The Hall–Kier alpha value is -1.44. The molecule has 21 heavy (non-hydrogen) atoms. The average Bonchev–Trinajstić information content (AvgIpc) is 2.88. The Morgan fingerprint density at radius 2 is 1.81 bits per heavy atom. The number of nitrogens with zero attached hydrogens (tertiary/aromatic N) is 1. The molecule has 0 unspecified atom stereocenters. The highest BCUT2D eigenvalue weighted by Crippen LogP contribution is 2.27. The lowest BCUT2D eigenvalue weighted by Gasteiger charge is -2.05. The molecule has 3 rings (SSSR count). The summed E-state index contributed by atoms with van der Waals surface area (Å²) in [6.45, 7) is 0. The molecular weight excluding hydrogens is 372 g/mol. The number of fused-ring (bicyclic) bond motifs is 1. The Balaban J connectivity index is 1.91. The summed E-state index contributed by atoms with van der Waals surface area (Å²) in [6.07, 6.45) is 0. The number of aromatic nitrogens is 1. The van der Waals surface area contributed by atoms with E-state index in [2.05, 4.69) is 25.6 Å². The molecule has 0 saturated carbocycles. The van der Waals surface area contributed by atoms with Crippen LogP contribution in [0.1, 0.15) is 5.56 Å². The molecule has 1 heterocycles. The van der Waals surface area contributed by atoms with Crippen LogP contribution < -0.4 is 4.72 Å². The summed E-state index contributed by atoms with van der Waals surface area (Å²) in [5.41, 5.74) is 1.81. The summed E-state index contributed by atoms with van der Waals surface area (Å²) in [7, 11) is -3.60. The van der Waals surface area contributed by atoms with Crippen LogP contribution in [0.25, 0.3) is 10.2 Å². The van der Waals surface area contributed by atoms with Gasteiger partial charge < -0.3 is 0 Å². The van der Waals surface area contributed by atoms with Gasteiger partial charge in [0.2, 0.25) is 0 Å². The van der Waals surface area contributed by atoms with Crippen LogP contribution in [0, 0.1) is 0 Å². The van der Waals surface area contributed by atoms with Gasteiger partial charge in [-0.15, -0.1) is 0 Å². The molecule has 0 aliphatic heterocycles. The first-order valence-electron chi connectivity index (χ1n) is 6.12. The van der Waals surface area contributed by atoms with Crippen molar-refractivity contribution in [2.24, 2.45) is 0 Å². The number of alkyl halides is 1. The van der Waals surface area contributed by atoms with Gasteiger partial charge in [-0.3, -0.25) is 4.72 Å². The van der Waals surface area contributed by atoms with E-state index >= 15 is 0 Å². The van der Waals surface area contributed by atoms with E-state index in [1.807, 2.05) is 24.3 Å². The summed E-state index contributed by atoms with van der Waals surface area (Å²) in [5.74, 6) is 0. The van der Waals surface area contributed by atoms with Gasteiger partial charge in [0.25, 0.3) is 10.0 Å². The highest BCUT2D eigenvalue weighted by molar-refractivity contribution is 9.08. The molecule has 2 aromatic carbocycles. The van der Waals surface area contributed by atoms with E-state index in [1.165, 1.54) is 11.3 Å². The molecule has 0 radical (unpaired) electrons. The van der Waals surface area contributed by atoms with Gasteiger partial charge in [-0.25, -0.2) is 13.4 Å². The molecule has 0 atom stereocenters. The molecule has 0 aliphatic carbocycles. The zero-order chi connectivity index (χ0) is 14.9. The highest BCUT2D eigenvalue weighted by atomic mass is 79.9. The summed E-state index contributed by atoms with van der Waals surface area (Å²) in [4.78, 5) is 4.51. The number of halogens is 1. The minimum atomic E-state index is -3.60. The van der Waals surface area contributed by atoms with E-state index in [1.54, 1.807) is 24.3 Å². The predicted molar refractivity (Wildman–Crippen MR) is 89.5 cm³/mol. The maximum absolute atomic E-state index is 12.3. The van der Waals surface area contributed by atoms with Crippen LogP contribution in [-0.4, -0.2) is 13.4 Å². The van der Waals surface area contributed by atoms with Gasteiger partial charge >= 0.3 is 0 Å². The highest BCUT2D eigenvalue weighted by Gasteiger charge is 2.16. The van der Waals surface area contributed by atoms with E-state index in [0.29, 0.717) is 10.5 Å². The van der Waals surface area contributed by atoms with Crippen LogP contribution in [0.3, 0.4) is 0 Å². The van der Waals surface area contributed by atoms with Crippen molar-refractivity contribution in [1.29, 1.82) is 0 Å².